The van der Waals surface area contributed by atoms with Crippen molar-refractivity contribution in [1.29, 1.82) is 0 Å². The van der Waals surface area contributed by atoms with Crippen LogP contribution in [0.15, 0.2) is 73.6 Å². The maximum absolute atomic E-state index is 13.2. The highest BCUT2D eigenvalue weighted by Crippen LogP contribution is 2.25. The average Bonchev–Trinajstić information content (AvgIpc) is 3.31. The quantitative estimate of drug-likeness (QED) is 0.645. The zero-order valence-electron chi connectivity index (χ0n) is 17.8. The molecule has 2 aromatic rings. The van der Waals surface area contributed by atoms with E-state index in [4.69, 9.17) is 0 Å². The maximum Gasteiger partial charge on any atom is 0.246 e. The van der Waals surface area contributed by atoms with Gasteiger partial charge in [-0.25, -0.2) is 0 Å². The standard InChI is InChI=1S/C26H29N3O2/c1-2-15-28-16-17-29(25(30)19-20-5-3-4-6-20)24(26(28)31)18-21-7-9-22(10-8-21)23-11-13-27-14-12-23/h2-3,5,7-14,20,24H,1,4,6,15-19H2/t20-,24-/m1/s1. The lowest BCUT2D eigenvalue weighted by Crippen LogP contribution is -2.59. The molecule has 31 heavy (non-hydrogen) atoms. The first-order valence-electron chi connectivity index (χ1n) is 11.0. The molecule has 5 heteroatoms. The number of aromatic nitrogens is 1. The molecule has 2 aliphatic rings. The summed E-state index contributed by atoms with van der Waals surface area (Å²) >= 11 is 0. The smallest absolute Gasteiger partial charge is 0.246 e. The number of pyridine rings is 1. The van der Waals surface area contributed by atoms with Crippen molar-refractivity contribution in [3.63, 3.8) is 0 Å². The number of amides is 2. The van der Waals surface area contributed by atoms with Crippen LogP contribution in [0.5, 0.6) is 0 Å². The van der Waals surface area contributed by atoms with Crippen LogP contribution < -0.4 is 0 Å². The van der Waals surface area contributed by atoms with E-state index in [1.54, 1.807) is 18.5 Å². The predicted molar refractivity (Wildman–Crippen MR) is 122 cm³/mol. The van der Waals surface area contributed by atoms with E-state index < -0.39 is 6.04 Å². The summed E-state index contributed by atoms with van der Waals surface area (Å²) in [6.07, 6.45) is 12.7. The summed E-state index contributed by atoms with van der Waals surface area (Å²) in [6.45, 7) is 5.43. The van der Waals surface area contributed by atoms with E-state index in [1.807, 2.05) is 21.9 Å². The van der Waals surface area contributed by atoms with Crippen molar-refractivity contribution in [1.82, 2.24) is 14.8 Å². The Bertz CT molecular complexity index is 952. The van der Waals surface area contributed by atoms with E-state index in [0.29, 0.717) is 38.4 Å². The maximum atomic E-state index is 13.2. The molecule has 1 aliphatic heterocycles. The number of allylic oxidation sites excluding steroid dienone is 2. The molecule has 0 bridgehead atoms. The highest BCUT2D eigenvalue weighted by molar-refractivity contribution is 5.89. The van der Waals surface area contributed by atoms with Gasteiger partial charge >= 0.3 is 0 Å². The van der Waals surface area contributed by atoms with Gasteiger partial charge in [0.2, 0.25) is 11.8 Å². The molecule has 2 heterocycles. The molecule has 1 fully saturated rings. The summed E-state index contributed by atoms with van der Waals surface area (Å²) in [7, 11) is 0. The number of rotatable bonds is 7. The van der Waals surface area contributed by atoms with Crippen LogP contribution in [0.2, 0.25) is 0 Å². The van der Waals surface area contributed by atoms with E-state index in [0.717, 1.165) is 29.5 Å². The SMILES string of the molecule is C=CCN1CCN(C(=O)C[C@@H]2C=CCC2)[C@H](Cc2ccc(-c3ccncc3)cc2)C1=O. The molecule has 1 saturated heterocycles. The Hall–Kier alpha value is -3.21. The van der Waals surface area contributed by atoms with Crippen LogP contribution in [0, 0.1) is 5.92 Å². The Morgan fingerprint density at radius 1 is 1.10 bits per heavy atom. The van der Waals surface area contributed by atoms with Gasteiger partial charge in [0.1, 0.15) is 6.04 Å². The first-order valence-corrected chi connectivity index (χ1v) is 11.0. The normalized spacial score (nSPS) is 20.8. The Balaban J connectivity index is 1.51. The second kappa shape index (κ2) is 9.73. The Kier molecular flexibility index (Phi) is 6.60. The average molecular weight is 416 g/mol. The third-order valence-electron chi connectivity index (χ3n) is 6.20. The van der Waals surface area contributed by atoms with Crippen molar-refractivity contribution < 1.29 is 9.59 Å². The minimum Gasteiger partial charge on any atom is -0.335 e. The summed E-state index contributed by atoms with van der Waals surface area (Å²) < 4.78 is 0. The molecule has 0 radical (unpaired) electrons. The van der Waals surface area contributed by atoms with E-state index in [9.17, 15) is 9.59 Å². The van der Waals surface area contributed by atoms with Gasteiger partial charge in [-0.1, -0.05) is 42.5 Å². The fourth-order valence-electron chi connectivity index (χ4n) is 4.48. The fraction of sp³-hybridized carbons (Fsp3) is 0.346. The van der Waals surface area contributed by atoms with Gasteiger partial charge in [0.25, 0.3) is 0 Å². The Labute approximate surface area is 184 Å². The largest absolute Gasteiger partial charge is 0.335 e. The van der Waals surface area contributed by atoms with Crippen molar-refractivity contribution in [2.45, 2.75) is 31.7 Å². The van der Waals surface area contributed by atoms with Crippen LogP contribution in [-0.2, 0) is 16.0 Å². The van der Waals surface area contributed by atoms with Crippen molar-refractivity contribution in [2.75, 3.05) is 19.6 Å². The second-order valence-corrected chi connectivity index (χ2v) is 8.28. The summed E-state index contributed by atoms with van der Waals surface area (Å²) in [4.78, 5) is 34.0. The molecule has 1 aromatic heterocycles. The molecule has 4 rings (SSSR count). The number of benzene rings is 1. The predicted octanol–water partition coefficient (Wildman–Crippen LogP) is 3.87. The number of piperazine rings is 1. The molecule has 0 saturated carbocycles. The molecule has 2 amide bonds. The Morgan fingerprint density at radius 2 is 1.84 bits per heavy atom. The zero-order valence-corrected chi connectivity index (χ0v) is 17.8. The van der Waals surface area contributed by atoms with Gasteiger partial charge in [0.15, 0.2) is 0 Å². The van der Waals surface area contributed by atoms with E-state index in [1.165, 1.54) is 0 Å². The first kappa shape index (κ1) is 21.0. The van der Waals surface area contributed by atoms with Gasteiger partial charge < -0.3 is 9.80 Å². The number of nitrogens with zero attached hydrogens (tertiary/aromatic N) is 3. The monoisotopic (exact) mass is 415 g/mol. The van der Waals surface area contributed by atoms with Crippen LogP contribution in [0.3, 0.4) is 0 Å². The lowest BCUT2D eigenvalue weighted by molar-refractivity contribution is -0.151. The molecule has 5 nitrogen and oxygen atoms in total. The van der Waals surface area contributed by atoms with Crippen LogP contribution in [0.4, 0.5) is 0 Å². The number of carbonyl (C=O) groups is 2. The van der Waals surface area contributed by atoms with Crippen LogP contribution >= 0.6 is 0 Å². The fourth-order valence-corrected chi connectivity index (χ4v) is 4.48. The van der Waals surface area contributed by atoms with Gasteiger partial charge in [-0.3, -0.25) is 14.6 Å². The van der Waals surface area contributed by atoms with Crippen LogP contribution in [0.25, 0.3) is 11.1 Å². The second-order valence-electron chi connectivity index (χ2n) is 8.28. The summed E-state index contributed by atoms with van der Waals surface area (Å²) in [5, 5.41) is 0. The molecule has 2 atom stereocenters. The van der Waals surface area contributed by atoms with E-state index >= 15 is 0 Å². The van der Waals surface area contributed by atoms with Gasteiger partial charge in [-0.2, -0.15) is 0 Å². The molecule has 0 N–H and O–H groups in total. The Morgan fingerprint density at radius 3 is 2.52 bits per heavy atom. The zero-order chi connectivity index (χ0) is 21.6. The van der Waals surface area contributed by atoms with Crippen molar-refractivity contribution in [3.05, 3.63) is 79.2 Å². The third-order valence-corrected chi connectivity index (χ3v) is 6.20. The van der Waals surface area contributed by atoms with E-state index in [2.05, 4.69) is 48.0 Å². The highest BCUT2D eigenvalue weighted by Gasteiger charge is 2.37. The number of hydrogen-bond donors (Lipinski definition) is 0. The van der Waals surface area contributed by atoms with Gasteiger partial charge in [-0.15, -0.1) is 6.58 Å². The van der Waals surface area contributed by atoms with Crippen molar-refractivity contribution >= 4 is 11.8 Å². The summed E-state index contributed by atoms with van der Waals surface area (Å²) in [5.74, 6) is 0.398. The van der Waals surface area contributed by atoms with Crippen molar-refractivity contribution in [2.24, 2.45) is 5.92 Å². The van der Waals surface area contributed by atoms with E-state index in [-0.39, 0.29) is 11.8 Å². The lowest BCUT2D eigenvalue weighted by Gasteiger charge is -2.41. The molecule has 1 aromatic carbocycles. The van der Waals surface area contributed by atoms with Gasteiger partial charge in [0, 0.05) is 44.9 Å². The molecular formula is C26H29N3O2. The lowest BCUT2D eigenvalue weighted by atomic mass is 9.97. The van der Waals surface area contributed by atoms with Gasteiger partial charge in [-0.05, 0) is 47.6 Å². The van der Waals surface area contributed by atoms with Crippen LogP contribution in [0.1, 0.15) is 24.8 Å². The molecule has 0 unspecified atom stereocenters. The minimum atomic E-state index is -0.460. The topological polar surface area (TPSA) is 53.5 Å². The molecule has 1 aliphatic carbocycles. The minimum absolute atomic E-state index is 0.0136. The number of hydrogen-bond acceptors (Lipinski definition) is 3. The first-order chi connectivity index (χ1) is 15.2. The summed E-state index contributed by atoms with van der Waals surface area (Å²) in [5.41, 5.74) is 3.26. The van der Waals surface area contributed by atoms with Gasteiger partial charge in [0.05, 0.1) is 0 Å². The van der Waals surface area contributed by atoms with Crippen LogP contribution in [-0.4, -0.2) is 52.3 Å². The van der Waals surface area contributed by atoms with Crippen molar-refractivity contribution in [3.8, 4) is 11.1 Å². The third kappa shape index (κ3) is 4.93. The molecular weight excluding hydrogens is 386 g/mol. The summed E-state index contributed by atoms with van der Waals surface area (Å²) in [6, 6.07) is 11.7. The molecule has 160 valence electrons. The number of carbonyl (C=O) groups excluding carboxylic acids is 2. The highest BCUT2D eigenvalue weighted by atomic mass is 16.2. The molecule has 0 spiro atoms.